The Bertz CT molecular complexity index is 798. The third-order valence-electron chi connectivity index (χ3n) is 3.59. The number of ether oxygens (including phenoxy) is 2. The lowest BCUT2D eigenvalue weighted by Crippen LogP contribution is -1.94. The lowest BCUT2D eigenvalue weighted by atomic mass is 10.1. The van der Waals surface area contributed by atoms with E-state index in [0.29, 0.717) is 5.69 Å². The number of aromatic nitrogens is 1. The number of aryl methyl sites for hydroxylation is 1. The second kappa shape index (κ2) is 5.93. The SMILES string of the molecule is CCc1cc2c(Oc3ccc(N)cc3)ccnc2cc1OC. The highest BCUT2D eigenvalue weighted by Crippen LogP contribution is 2.33. The van der Waals surface area contributed by atoms with Gasteiger partial charge in [-0.25, -0.2) is 0 Å². The van der Waals surface area contributed by atoms with Crippen LogP contribution >= 0.6 is 0 Å². The normalized spacial score (nSPS) is 10.6. The van der Waals surface area contributed by atoms with Crippen LogP contribution in [0.5, 0.6) is 17.2 Å². The second-order valence-electron chi connectivity index (χ2n) is 5.01. The van der Waals surface area contributed by atoms with E-state index < -0.39 is 0 Å². The number of methoxy groups -OCH3 is 1. The molecule has 3 aromatic rings. The fourth-order valence-corrected chi connectivity index (χ4v) is 2.41. The van der Waals surface area contributed by atoms with Gasteiger partial charge in [-0.3, -0.25) is 4.98 Å². The Labute approximate surface area is 129 Å². The molecule has 0 aliphatic carbocycles. The minimum Gasteiger partial charge on any atom is -0.496 e. The van der Waals surface area contributed by atoms with Crippen LogP contribution in [0.2, 0.25) is 0 Å². The molecule has 3 rings (SSSR count). The van der Waals surface area contributed by atoms with E-state index in [1.807, 2.05) is 36.4 Å². The fourth-order valence-electron chi connectivity index (χ4n) is 2.41. The molecule has 0 fully saturated rings. The number of pyridine rings is 1. The molecule has 0 bridgehead atoms. The molecule has 22 heavy (non-hydrogen) atoms. The first-order valence-corrected chi connectivity index (χ1v) is 7.20. The summed E-state index contributed by atoms with van der Waals surface area (Å²) in [6.45, 7) is 2.10. The lowest BCUT2D eigenvalue weighted by Gasteiger charge is -2.12. The number of benzene rings is 2. The Balaban J connectivity index is 2.07. The molecule has 0 atom stereocenters. The van der Waals surface area contributed by atoms with Crippen molar-refractivity contribution in [2.75, 3.05) is 12.8 Å². The average molecular weight is 294 g/mol. The van der Waals surface area contributed by atoms with E-state index in [2.05, 4.69) is 18.0 Å². The maximum absolute atomic E-state index is 5.98. The number of rotatable bonds is 4. The van der Waals surface area contributed by atoms with Crippen molar-refractivity contribution in [1.82, 2.24) is 4.98 Å². The molecule has 0 saturated heterocycles. The van der Waals surface area contributed by atoms with Gasteiger partial charge in [0, 0.05) is 23.3 Å². The Morgan fingerprint density at radius 3 is 2.50 bits per heavy atom. The molecule has 0 amide bonds. The van der Waals surface area contributed by atoms with Crippen molar-refractivity contribution in [2.45, 2.75) is 13.3 Å². The van der Waals surface area contributed by atoms with Crippen LogP contribution in [0.1, 0.15) is 12.5 Å². The summed E-state index contributed by atoms with van der Waals surface area (Å²) in [5.74, 6) is 2.37. The monoisotopic (exact) mass is 294 g/mol. The maximum atomic E-state index is 5.98. The van der Waals surface area contributed by atoms with E-state index in [9.17, 15) is 0 Å². The summed E-state index contributed by atoms with van der Waals surface area (Å²) in [6, 6.07) is 13.2. The van der Waals surface area contributed by atoms with Crippen molar-refractivity contribution >= 4 is 16.6 Å². The predicted molar refractivity (Wildman–Crippen MR) is 88.6 cm³/mol. The summed E-state index contributed by atoms with van der Waals surface area (Å²) in [7, 11) is 1.68. The predicted octanol–water partition coefficient (Wildman–Crippen LogP) is 4.18. The quantitative estimate of drug-likeness (QED) is 0.733. The molecule has 0 radical (unpaired) electrons. The Kier molecular flexibility index (Phi) is 3.83. The molecule has 112 valence electrons. The van der Waals surface area contributed by atoms with Crippen molar-refractivity contribution in [3.05, 3.63) is 54.2 Å². The van der Waals surface area contributed by atoms with Gasteiger partial charge in [0.25, 0.3) is 0 Å². The molecule has 4 heteroatoms. The molecular formula is C18H18N2O2. The van der Waals surface area contributed by atoms with E-state index in [1.54, 1.807) is 13.3 Å². The van der Waals surface area contributed by atoms with E-state index >= 15 is 0 Å². The summed E-state index contributed by atoms with van der Waals surface area (Å²) < 4.78 is 11.4. The van der Waals surface area contributed by atoms with E-state index in [1.165, 1.54) is 0 Å². The van der Waals surface area contributed by atoms with Gasteiger partial charge in [-0.05, 0) is 48.4 Å². The fraction of sp³-hybridized carbons (Fsp3) is 0.167. The molecule has 0 spiro atoms. The Morgan fingerprint density at radius 1 is 1.05 bits per heavy atom. The summed E-state index contributed by atoms with van der Waals surface area (Å²) in [5.41, 5.74) is 8.39. The van der Waals surface area contributed by atoms with E-state index in [-0.39, 0.29) is 0 Å². The molecule has 0 aliphatic heterocycles. The maximum Gasteiger partial charge on any atom is 0.138 e. The zero-order valence-electron chi connectivity index (χ0n) is 12.7. The van der Waals surface area contributed by atoms with Crippen LogP contribution in [0.3, 0.4) is 0 Å². The number of nitrogens with zero attached hydrogens (tertiary/aromatic N) is 1. The van der Waals surface area contributed by atoms with Gasteiger partial charge in [-0.15, -0.1) is 0 Å². The molecular weight excluding hydrogens is 276 g/mol. The van der Waals surface area contributed by atoms with Crippen LogP contribution in [0.25, 0.3) is 10.9 Å². The molecule has 1 aromatic heterocycles. The highest BCUT2D eigenvalue weighted by molar-refractivity contribution is 5.87. The highest BCUT2D eigenvalue weighted by Gasteiger charge is 2.09. The molecule has 0 saturated carbocycles. The Hall–Kier alpha value is -2.75. The minimum atomic E-state index is 0.713. The third kappa shape index (κ3) is 2.68. The van der Waals surface area contributed by atoms with Crippen molar-refractivity contribution in [3.8, 4) is 17.2 Å². The summed E-state index contributed by atoms with van der Waals surface area (Å²) in [6.07, 6.45) is 2.62. The largest absolute Gasteiger partial charge is 0.496 e. The zero-order chi connectivity index (χ0) is 15.5. The molecule has 2 aromatic carbocycles. The first-order valence-electron chi connectivity index (χ1n) is 7.20. The smallest absolute Gasteiger partial charge is 0.138 e. The summed E-state index contributed by atoms with van der Waals surface area (Å²) in [5, 5.41) is 0.969. The van der Waals surface area contributed by atoms with Gasteiger partial charge in [0.05, 0.1) is 12.6 Å². The van der Waals surface area contributed by atoms with E-state index in [0.717, 1.165) is 40.1 Å². The average Bonchev–Trinajstić information content (AvgIpc) is 2.56. The number of nitrogen functional groups attached to an aromatic ring is 1. The molecule has 0 aliphatic rings. The number of hydrogen-bond donors (Lipinski definition) is 1. The Morgan fingerprint density at radius 2 is 1.82 bits per heavy atom. The topological polar surface area (TPSA) is 57.4 Å². The first-order chi connectivity index (χ1) is 10.7. The van der Waals surface area contributed by atoms with Gasteiger partial charge < -0.3 is 15.2 Å². The standard InChI is InChI=1S/C18H18N2O2/c1-3-12-10-15-16(11-18(12)21-2)20-9-8-17(15)22-14-6-4-13(19)5-7-14/h4-11H,3,19H2,1-2H3. The van der Waals surface area contributed by atoms with Gasteiger partial charge in [-0.1, -0.05) is 6.92 Å². The van der Waals surface area contributed by atoms with Crippen molar-refractivity contribution in [2.24, 2.45) is 0 Å². The highest BCUT2D eigenvalue weighted by atomic mass is 16.5. The van der Waals surface area contributed by atoms with Gasteiger partial charge in [0.15, 0.2) is 0 Å². The number of hydrogen-bond acceptors (Lipinski definition) is 4. The summed E-state index contributed by atoms with van der Waals surface area (Å²) >= 11 is 0. The number of nitrogens with two attached hydrogens (primary N) is 1. The van der Waals surface area contributed by atoms with Crippen LogP contribution in [-0.4, -0.2) is 12.1 Å². The van der Waals surface area contributed by atoms with Crippen molar-refractivity contribution in [3.63, 3.8) is 0 Å². The van der Waals surface area contributed by atoms with Crippen molar-refractivity contribution < 1.29 is 9.47 Å². The van der Waals surface area contributed by atoms with Gasteiger partial charge in [0.2, 0.25) is 0 Å². The van der Waals surface area contributed by atoms with Gasteiger partial charge in [-0.2, -0.15) is 0 Å². The van der Waals surface area contributed by atoms with Crippen LogP contribution in [0.4, 0.5) is 5.69 Å². The van der Waals surface area contributed by atoms with Crippen LogP contribution in [-0.2, 0) is 6.42 Å². The van der Waals surface area contributed by atoms with Crippen molar-refractivity contribution in [1.29, 1.82) is 0 Å². The minimum absolute atomic E-state index is 0.713. The summed E-state index contributed by atoms with van der Waals surface area (Å²) in [4.78, 5) is 4.40. The molecule has 0 unspecified atom stereocenters. The first kappa shape index (κ1) is 14.2. The second-order valence-corrected chi connectivity index (χ2v) is 5.01. The van der Waals surface area contributed by atoms with Gasteiger partial charge in [0.1, 0.15) is 17.2 Å². The van der Waals surface area contributed by atoms with E-state index in [4.69, 9.17) is 15.2 Å². The third-order valence-corrected chi connectivity index (χ3v) is 3.59. The zero-order valence-corrected chi connectivity index (χ0v) is 12.7. The molecule has 1 heterocycles. The van der Waals surface area contributed by atoms with Crippen LogP contribution in [0, 0.1) is 0 Å². The molecule has 2 N–H and O–H groups in total. The van der Waals surface area contributed by atoms with Crippen LogP contribution in [0.15, 0.2) is 48.7 Å². The lowest BCUT2D eigenvalue weighted by molar-refractivity contribution is 0.410. The number of fused-ring (bicyclic) bond motifs is 1. The number of anilines is 1. The van der Waals surface area contributed by atoms with Crippen LogP contribution < -0.4 is 15.2 Å². The van der Waals surface area contributed by atoms with Gasteiger partial charge >= 0.3 is 0 Å². The molecule has 4 nitrogen and oxygen atoms in total.